The maximum atomic E-state index is 5.92. The molecular formula is C23H27NO2S. The van der Waals surface area contributed by atoms with Gasteiger partial charge in [-0.15, -0.1) is 0 Å². The highest BCUT2D eigenvalue weighted by molar-refractivity contribution is 7.71. The lowest BCUT2D eigenvalue weighted by molar-refractivity contribution is 0.290. The second kappa shape index (κ2) is 8.57. The molecule has 0 aliphatic heterocycles. The minimum Gasteiger partial charge on any atom is -0.497 e. The average molecular weight is 382 g/mol. The van der Waals surface area contributed by atoms with Crippen LogP contribution in [0.1, 0.15) is 37.1 Å². The van der Waals surface area contributed by atoms with Crippen molar-refractivity contribution in [3.05, 3.63) is 63.8 Å². The number of ether oxygens (including phenoxy) is 2. The molecule has 0 saturated carbocycles. The van der Waals surface area contributed by atoms with Crippen molar-refractivity contribution >= 4 is 23.1 Å². The van der Waals surface area contributed by atoms with Gasteiger partial charge in [0.15, 0.2) is 0 Å². The summed E-state index contributed by atoms with van der Waals surface area (Å²) < 4.78 is 12.1. The molecule has 0 aliphatic rings. The standard InChI is InChI=1S/C23H27NO2S/c1-15(2)11-12-26-19-9-10-22-21(14-19)23(27)20(16(3)24-22)13-17-5-7-18(25-4)8-6-17/h5-10,14-15H,11-13H2,1-4H3,(H,24,27). The molecule has 0 fully saturated rings. The van der Waals surface area contributed by atoms with Gasteiger partial charge in [-0.1, -0.05) is 38.2 Å². The Balaban J connectivity index is 1.91. The van der Waals surface area contributed by atoms with Gasteiger partial charge in [0.2, 0.25) is 0 Å². The van der Waals surface area contributed by atoms with Crippen molar-refractivity contribution in [3.63, 3.8) is 0 Å². The number of nitrogens with one attached hydrogen (secondary N) is 1. The third-order valence-electron chi connectivity index (χ3n) is 4.79. The fourth-order valence-corrected chi connectivity index (χ4v) is 3.49. The molecule has 3 aromatic rings. The van der Waals surface area contributed by atoms with Crippen molar-refractivity contribution in [2.24, 2.45) is 5.92 Å². The Morgan fingerprint density at radius 2 is 1.74 bits per heavy atom. The molecule has 3 rings (SSSR count). The Labute approximate surface area is 166 Å². The van der Waals surface area contributed by atoms with E-state index in [1.54, 1.807) is 7.11 Å². The third-order valence-corrected chi connectivity index (χ3v) is 5.25. The fourth-order valence-electron chi connectivity index (χ4n) is 3.09. The SMILES string of the molecule is COc1ccc(Cc2c(C)[nH]c3ccc(OCCC(C)C)cc3c2=S)cc1. The highest BCUT2D eigenvalue weighted by atomic mass is 32.1. The normalized spacial score (nSPS) is 11.1. The maximum absolute atomic E-state index is 5.92. The quantitative estimate of drug-likeness (QED) is 0.493. The number of aromatic nitrogens is 1. The highest BCUT2D eigenvalue weighted by Gasteiger charge is 2.09. The first-order valence-corrected chi connectivity index (χ1v) is 9.80. The lowest BCUT2D eigenvalue weighted by Crippen LogP contribution is -2.02. The molecule has 0 saturated heterocycles. The van der Waals surface area contributed by atoms with E-state index in [4.69, 9.17) is 21.7 Å². The van der Waals surface area contributed by atoms with Crippen LogP contribution in [0.3, 0.4) is 0 Å². The van der Waals surface area contributed by atoms with E-state index in [-0.39, 0.29) is 0 Å². The zero-order valence-electron chi connectivity index (χ0n) is 16.5. The van der Waals surface area contributed by atoms with Crippen molar-refractivity contribution in [2.75, 3.05) is 13.7 Å². The minimum atomic E-state index is 0.632. The summed E-state index contributed by atoms with van der Waals surface area (Å²) in [6, 6.07) is 14.3. The van der Waals surface area contributed by atoms with E-state index in [9.17, 15) is 0 Å². The molecule has 1 heterocycles. The summed E-state index contributed by atoms with van der Waals surface area (Å²) in [6.07, 6.45) is 1.83. The first-order chi connectivity index (χ1) is 13.0. The van der Waals surface area contributed by atoms with Crippen LogP contribution in [0.15, 0.2) is 42.5 Å². The number of rotatable bonds is 7. The Hall–Kier alpha value is -2.33. The van der Waals surface area contributed by atoms with Gasteiger partial charge in [-0.3, -0.25) is 0 Å². The summed E-state index contributed by atoms with van der Waals surface area (Å²) >= 11 is 5.84. The third kappa shape index (κ3) is 4.69. The highest BCUT2D eigenvalue weighted by Crippen LogP contribution is 2.26. The van der Waals surface area contributed by atoms with Gasteiger partial charge in [0.1, 0.15) is 11.5 Å². The second-order valence-corrected chi connectivity index (χ2v) is 7.73. The smallest absolute Gasteiger partial charge is 0.120 e. The zero-order valence-corrected chi connectivity index (χ0v) is 17.3. The molecule has 142 valence electrons. The largest absolute Gasteiger partial charge is 0.497 e. The van der Waals surface area contributed by atoms with Crippen molar-refractivity contribution in [1.29, 1.82) is 0 Å². The summed E-state index contributed by atoms with van der Waals surface area (Å²) in [5, 5.41) is 1.04. The molecule has 0 unspecified atom stereocenters. The van der Waals surface area contributed by atoms with Crippen LogP contribution >= 0.6 is 12.2 Å². The van der Waals surface area contributed by atoms with Crippen molar-refractivity contribution in [3.8, 4) is 11.5 Å². The van der Waals surface area contributed by atoms with Crippen LogP contribution in [0.4, 0.5) is 0 Å². The average Bonchev–Trinajstić information content (AvgIpc) is 2.66. The van der Waals surface area contributed by atoms with Crippen LogP contribution in [-0.2, 0) is 6.42 Å². The van der Waals surface area contributed by atoms with Crippen molar-refractivity contribution in [1.82, 2.24) is 4.98 Å². The molecular weight excluding hydrogens is 354 g/mol. The lowest BCUT2D eigenvalue weighted by Gasteiger charge is -2.13. The number of methoxy groups -OCH3 is 1. The number of hydrogen-bond donors (Lipinski definition) is 1. The van der Waals surface area contributed by atoms with Gasteiger partial charge >= 0.3 is 0 Å². The van der Waals surface area contributed by atoms with Crippen LogP contribution in [0.25, 0.3) is 10.9 Å². The van der Waals surface area contributed by atoms with Crippen molar-refractivity contribution < 1.29 is 9.47 Å². The maximum Gasteiger partial charge on any atom is 0.120 e. The molecule has 0 aliphatic carbocycles. The van der Waals surface area contributed by atoms with Gasteiger partial charge < -0.3 is 14.5 Å². The van der Waals surface area contributed by atoms with Gasteiger partial charge in [0, 0.05) is 23.0 Å². The van der Waals surface area contributed by atoms with E-state index in [2.05, 4.69) is 50.0 Å². The molecule has 1 N–H and O–H groups in total. The first-order valence-electron chi connectivity index (χ1n) is 9.39. The molecule has 27 heavy (non-hydrogen) atoms. The van der Waals surface area contributed by atoms with E-state index < -0.39 is 0 Å². The number of pyridine rings is 1. The number of aryl methyl sites for hydroxylation is 1. The Kier molecular flexibility index (Phi) is 6.17. The van der Waals surface area contributed by atoms with Crippen LogP contribution in [-0.4, -0.2) is 18.7 Å². The summed E-state index contributed by atoms with van der Waals surface area (Å²) in [4.78, 5) is 3.50. The van der Waals surface area contributed by atoms with Crippen molar-refractivity contribution in [2.45, 2.75) is 33.6 Å². The predicted octanol–water partition coefficient (Wildman–Crippen LogP) is 6.23. The zero-order chi connectivity index (χ0) is 19.4. The second-order valence-electron chi connectivity index (χ2n) is 7.32. The van der Waals surface area contributed by atoms with Crippen LogP contribution in [0.2, 0.25) is 0 Å². The fraction of sp³-hybridized carbons (Fsp3) is 0.348. The molecule has 1 aromatic heterocycles. The summed E-state index contributed by atoms with van der Waals surface area (Å²) in [5.74, 6) is 2.37. The van der Waals surface area contributed by atoms with Gasteiger partial charge in [0.05, 0.1) is 18.2 Å². The number of fused-ring (bicyclic) bond motifs is 1. The lowest BCUT2D eigenvalue weighted by atomic mass is 10.0. The topological polar surface area (TPSA) is 34.2 Å². The Morgan fingerprint density at radius 3 is 2.41 bits per heavy atom. The number of aromatic amines is 1. The van der Waals surface area contributed by atoms with Crippen LogP contribution < -0.4 is 9.47 Å². The molecule has 3 nitrogen and oxygen atoms in total. The molecule has 4 heteroatoms. The minimum absolute atomic E-state index is 0.632. The van der Waals surface area contributed by atoms with Gasteiger partial charge in [-0.2, -0.15) is 0 Å². The van der Waals surface area contributed by atoms with Gasteiger partial charge in [-0.25, -0.2) is 0 Å². The number of hydrogen-bond acceptors (Lipinski definition) is 3. The molecule has 0 amide bonds. The molecule has 0 atom stereocenters. The summed E-state index contributed by atoms with van der Waals surface area (Å²) in [7, 11) is 1.68. The van der Waals surface area contributed by atoms with E-state index in [1.165, 1.54) is 5.56 Å². The van der Waals surface area contributed by atoms with E-state index in [0.29, 0.717) is 5.92 Å². The van der Waals surface area contributed by atoms with Gasteiger partial charge in [-0.05, 0) is 60.7 Å². The summed E-state index contributed by atoms with van der Waals surface area (Å²) in [6.45, 7) is 7.22. The van der Waals surface area contributed by atoms with E-state index >= 15 is 0 Å². The predicted molar refractivity (Wildman–Crippen MR) is 115 cm³/mol. The number of benzene rings is 2. The molecule has 2 aromatic carbocycles. The van der Waals surface area contributed by atoms with E-state index in [1.807, 2.05) is 18.2 Å². The molecule has 0 spiro atoms. The monoisotopic (exact) mass is 381 g/mol. The summed E-state index contributed by atoms with van der Waals surface area (Å²) in [5.41, 5.74) is 4.52. The van der Waals surface area contributed by atoms with Gasteiger partial charge in [0.25, 0.3) is 0 Å². The first kappa shape index (κ1) is 19.4. The Bertz CT molecular complexity index is 974. The number of H-pyrrole nitrogens is 1. The van der Waals surface area contributed by atoms with E-state index in [0.717, 1.165) is 57.6 Å². The Morgan fingerprint density at radius 1 is 1.04 bits per heavy atom. The molecule has 0 radical (unpaired) electrons. The van der Waals surface area contributed by atoms with Crippen LogP contribution in [0, 0.1) is 17.4 Å². The van der Waals surface area contributed by atoms with Crippen LogP contribution in [0.5, 0.6) is 11.5 Å². The molecule has 0 bridgehead atoms.